The van der Waals surface area contributed by atoms with Gasteiger partial charge in [-0.2, -0.15) is 0 Å². The summed E-state index contributed by atoms with van der Waals surface area (Å²) in [5.41, 5.74) is 8.15. The molecule has 0 aliphatic heterocycles. The third-order valence-corrected chi connectivity index (χ3v) is 6.40. The van der Waals surface area contributed by atoms with Crippen molar-refractivity contribution in [3.05, 3.63) is 40.8 Å². The van der Waals surface area contributed by atoms with Crippen LogP contribution in [0.15, 0.2) is 30.3 Å². The maximum absolute atomic E-state index is 12.2. The highest BCUT2D eigenvalue weighted by Gasteiger charge is 2.30. The molecule has 130 valence electrons. The van der Waals surface area contributed by atoms with Crippen molar-refractivity contribution in [1.29, 1.82) is 0 Å². The van der Waals surface area contributed by atoms with E-state index in [4.69, 9.17) is 10.7 Å². The molecule has 2 aromatic heterocycles. The van der Waals surface area contributed by atoms with Gasteiger partial charge < -0.3 is 11.1 Å². The van der Waals surface area contributed by atoms with E-state index in [1.807, 2.05) is 6.07 Å². The van der Waals surface area contributed by atoms with Crippen LogP contribution in [-0.4, -0.2) is 24.0 Å². The number of nitrogens with zero attached hydrogens (tertiary/aromatic N) is 1. The molecule has 3 aromatic rings. The Morgan fingerprint density at radius 1 is 1.24 bits per heavy atom. The van der Waals surface area contributed by atoms with Crippen LogP contribution in [0.2, 0.25) is 0 Å². The third kappa shape index (κ3) is 3.02. The number of nitrogens with two attached hydrogens (primary N) is 1. The second-order valence-electron chi connectivity index (χ2n) is 7.21. The summed E-state index contributed by atoms with van der Waals surface area (Å²) in [6, 6.07) is 10.7. The summed E-state index contributed by atoms with van der Waals surface area (Å²) >= 11 is 1.44. The average Bonchev–Trinajstić information content (AvgIpc) is 3.23. The first-order chi connectivity index (χ1) is 12.1. The summed E-state index contributed by atoms with van der Waals surface area (Å²) in [6.07, 6.45) is 5.16. The zero-order valence-electron chi connectivity index (χ0n) is 14.5. The smallest absolute Gasteiger partial charge is 0.261 e. The van der Waals surface area contributed by atoms with E-state index in [0.717, 1.165) is 21.1 Å². The maximum Gasteiger partial charge on any atom is 0.261 e. The normalized spacial score (nSPS) is 16.6. The Kier molecular flexibility index (Phi) is 4.21. The number of fused-ring (bicyclic) bond motifs is 2. The van der Waals surface area contributed by atoms with E-state index >= 15 is 0 Å². The van der Waals surface area contributed by atoms with Crippen LogP contribution in [0.4, 0.5) is 0 Å². The number of rotatable bonds is 4. The summed E-state index contributed by atoms with van der Waals surface area (Å²) in [5, 5.41) is 5.01. The number of nitrogens with one attached hydrogen (secondary N) is 1. The Labute approximate surface area is 151 Å². The molecular formula is C20H23N3OS. The Balaban J connectivity index is 1.73. The standard InChI is InChI=1S/C20H23N3OS/c1-20(6-2-3-7-20)15-4-5-16-13(11-15)10-14-12-17(25-19(14)23-16)18(24)22-9-8-21/h4-5,10-12H,2-3,6-9,21H2,1H3,(H,22,24). The third-order valence-electron chi connectivity index (χ3n) is 5.36. The molecule has 0 radical (unpaired) electrons. The zero-order chi connectivity index (χ0) is 17.4. The number of benzene rings is 1. The number of hydrogen-bond donors (Lipinski definition) is 2. The lowest BCUT2D eigenvalue weighted by Crippen LogP contribution is -2.28. The molecule has 1 fully saturated rings. The van der Waals surface area contributed by atoms with Crippen LogP contribution < -0.4 is 11.1 Å². The van der Waals surface area contributed by atoms with Crippen molar-refractivity contribution < 1.29 is 4.79 Å². The van der Waals surface area contributed by atoms with E-state index in [0.29, 0.717) is 23.4 Å². The molecule has 1 aliphatic carbocycles. The number of amides is 1. The van der Waals surface area contributed by atoms with Crippen molar-refractivity contribution in [3.8, 4) is 0 Å². The molecule has 0 unspecified atom stereocenters. The van der Waals surface area contributed by atoms with Crippen LogP contribution in [0.5, 0.6) is 0 Å². The Morgan fingerprint density at radius 3 is 2.80 bits per heavy atom. The molecule has 4 nitrogen and oxygen atoms in total. The molecule has 0 saturated heterocycles. The Morgan fingerprint density at radius 2 is 2.04 bits per heavy atom. The second kappa shape index (κ2) is 6.39. The topological polar surface area (TPSA) is 68.0 Å². The number of carbonyl (C=O) groups is 1. The van der Waals surface area contributed by atoms with Gasteiger partial charge in [0.1, 0.15) is 4.83 Å². The monoisotopic (exact) mass is 353 g/mol. The predicted molar refractivity (Wildman–Crippen MR) is 104 cm³/mol. The number of aromatic nitrogens is 1. The number of hydrogen-bond acceptors (Lipinski definition) is 4. The minimum Gasteiger partial charge on any atom is -0.350 e. The summed E-state index contributed by atoms with van der Waals surface area (Å²) in [5.74, 6) is -0.0725. The van der Waals surface area contributed by atoms with Gasteiger partial charge in [0.25, 0.3) is 5.91 Å². The Bertz CT molecular complexity index is 941. The first kappa shape index (κ1) is 16.5. The zero-order valence-corrected chi connectivity index (χ0v) is 15.3. The van der Waals surface area contributed by atoms with Crippen molar-refractivity contribution in [2.24, 2.45) is 5.73 Å². The van der Waals surface area contributed by atoms with Crippen LogP contribution in [0.3, 0.4) is 0 Å². The minimum absolute atomic E-state index is 0.0725. The lowest BCUT2D eigenvalue weighted by atomic mass is 9.80. The van der Waals surface area contributed by atoms with Crippen molar-refractivity contribution in [2.75, 3.05) is 13.1 Å². The van der Waals surface area contributed by atoms with Gasteiger partial charge in [0, 0.05) is 23.9 Å². The van der Waals surface area contributed by atoms with Gasteiger partial charge in [-0.3, -0.25) is 4.79 Å². The van der Waals surface area contributed by atoms with E-state index in [1.54, 1.807) is 0 Å². The number of pyridine rings is 1. The summed E-state index contributed by atoms with van der Waals surface area (Å²) in [4.78, 5) is 18.5. The molecule has 1 saturated carbocycles. The van der Waals surface area contributed by atoms with E-state index in [2.05, 4.69) is 36.5 Å². The fraction of sp³-hybridized carbons (Fsp3) is 0.400. The number of carbonyl (C=O) groups excluding carboxylic acids is 1. The molecule has 0 bridgehead atoms. The average molecular weight is 353 g/mol. The second-order valence-corrected chi connectivity index (χ2v) is 8.24. The van der Waals surface area contributed by atoms with Crippen LogP contribution in [0.25, 0.3) is 21.1 Å². The highest BCUT2D eigenvalue weighted by Crippen LogP contribution is 2.41. The first-order valence-corrected chi connectivity index (χ1v) is 9.74. The molecule has 25 heavy (non-hydrogen) atoms. The lowest BCUT2D eigenvalue weighted by Gasteiger charge is -2.24. The molecule has 1 aliphatic rings. The molecule has 4 rings (SSSR count). The predicted octanol–water partition coefficient (Wildman–Crippen LogP) is 3.97. The largest absolute Gasteiger partial charge is 0.350 e. The SMILES string of the molecule is CC1(c2ccc3nc4sc(C(=O)NCCN)cc4cc3c2)CCCC1. The van der Waals surface area contributed by atoms with Gasteiger partial charge in [0.2, 0.25) is 0 Å². The van der Waals surface area contributed by atoms with Crippen LogP contribution >= 0.6 is 11.3 Å². The summed E-state index contributed by atoms with van der Waals surface area (Å²) in [6.45, 7) is 3.31. The minimum atomic E-state index is -0.0725. The summed E-state index contributed by atoms with van der Waals surface area (Å²) in [7, 11) is 0. The van der Waals surface area contributed by atoms with Gasteiger partial charge in [-0.15, -0.1) is 11.3 Å². The fourth-order valence-electron chi connectivity index (χ4n) is 3.84. The van der Waals surface area contributed by atoms with Crippen LogP contribution in [0, 0.1) is 0 Å². The maximum atomic E-state index is 12.2. The molecule has 5 heteroatoms. The van der Waals surface area contributed by atoms with Crippen molar-refractivity contribution in [3.63, 3.8) is 0 Å². The van der Waals surface area contributed by atoms with Crippen molar-refractivity contribution >= 4 is 38.4 Å². The fourth-order valence-corrected chi connectivity index (χ4v) is 4.78. The van der Waals surface area contributed by atoms with E-state index in [9.17, 15) is 4.79 Å². The van der Waals surface area contributed by atoms with E-state index < -0.39 is 0 Å². The highest BCUT2D eigenvalue weighted by atomic mass is 32.1. The first-order valence-electron chi connectivity index (χ1n) is 8.92. The number of thiophene rings is 1. The van der Waals surface area contributed by atoms with Gasteiger partial charge in [-0.1, -0.05) is 25.8 Å². The molecule has 3 N–H and O–H groups in total. The van der Waals surface area contributed by atoms with E-state index in [1.165, 1.54) is 42.6 Å². The molecular weight excluding hydrogens is 330 g/mol. The molecule has 1 amide bonds. The van der Waals surface area contributed by atoms with Crippen LogP contribution in [0.1, 0.15) is 47.8 Å². The quantitative estimate of drug-likeness (QED) is 0.746. The van der Waals surface area contributed by atoms with Gasteiger partial charge in [0.05, 0.1) is 10.4 Å². The van der Waals surface area contributed by atoms with Gasteiger partial charge in [-0.25, -0.2) is 4.98 Å². The lowest BCUT2D eigenvalue weighted by molar-refractivity contribution is 0.0959. The van der Waals surface area contributed by atoms with Gasteiger partial charge >= 0.3 is 0 Å². The van der Waals surface area contributed by atoms with E-state index in [-0.39, 0.29) is 5.91 Å². The molecule has 2 heterocycles. The molecule has 0 atom stereocenters. The van der Waals surface area contributed by atoms with Gasteiger partial charge in [0.15, 0.2) is 0 Å². The molecule has 1 aromatic carbocycles. The van der Waals surface area contributed by atoms with Crippen molar-refractivity contribution in [1.82, 2.24) is 10.3 Å². The van der Waals surface area contributed by atoms with Crippen LogP contribution in [-0.2, 0) is 5.41 Å². The molecule has 0 spiro atoms. The van der Waals surface area contributed by atoms with Gasteiger partial charge in [-0.05, 0) is 48.1 Å². The highest BCUT2D eigenvalue weighted by molar-refractivity contribution is 7.20. The summed E-state index contributed by atoms with van der Waals surface area (Å²) < 4.78 is 0. The van der Waals surface area contributed by atoms with Crippen molar-refractivity contribution in [2.45, 2.75) is 38.0 Å². The Hall–Kier alpha value is -1.98.